The summed E-state index contributed by atoms with van der Waals surface area (Å²) in [4.78, 5) is 12.1. The number of likely N-dealkylation sites (tertiary alicyclic amines) is 1. The van der Waals surface area contributed by atoms with Gasteiger partial charge in [-0.2, -0.15) is 0 Å². The first-order chi connectivity index (χ1) is 14.5. The van der Waals surface area contributed by atoms with Crippen LogP contribution >= 0.6 is 0 Å². The van der Waals surface area contributed by atoms with Crippen LogP contribution in [0.15, 0.2) is 61.1 Å². The number of imidazole rings is 1. The van der Waals surface area contributed by atoms with E-state index in [1.165, 1.54) is 42.3 Å². The number of piperidine rings is 1. The molecule has 2 aromatic carbocycles. The highest BCUT2D eigenvalue weighted by Gasteiger charge is 2.27. The Morgan fingerprint density at radius 2 is 1.70 bits per heavy atom. The Hall–Kier alpha value is -2.72. The third kappa shape index (κ3) is 3.61. The summed E-state index contributed by atoms with van der Waals surface area (Å²) in [6, 6.07) is 17.2. The van der Waals surface area contributed by atoms with E-state index in [1.54, 1.807) is 0 Å². The van der Waals surface area contributed by atoms with Crippen LogP contribution < -0.4 is 0 Å². The lowest BCUT2D eigenvalue weighted by Gasteiger charge is -2.41. The Labute approximate surface area is 178 Å². The van der Waals surface area contributed by atoms with E-state index in [4.69, 9.17) is 9.97 Å². The van der Waals surface area contributed by atoms with Gasteiger partial charge in [-0.3, -0.25) is 4.90 Å². The fourth-order valence-corrected chi connectivity index (χ4v) is 4.75. The maximum atomic E-state index is 4.78. The van der Waals surface area contributed by atoms with Gasteiger partial charge in [0.2, 0.25) is 0 Å². The summed E-state index contributed by atoms with van der Waals surface area (Å²) in [7, 11) is 0. The Morgan fingerprint density at radius 3 is 2.47 bits per heavy atom. The SMILES string of the molecule is CC(C)(C)N1CCC(Cn2cnc3c(-c4ccc5ccccc5c4)ccnc32)CC1. The lowest BCUT2D eigenvalue weighted by atomic mass is 9.93. The van der Waals surface area contributed by atoms with Gasteiger partial charge in [0.15, 0.2) is 5.65 Å². The predicted molar refractivity (Wildman–Crippen MR) is 125 cm³/mol. The number of fused-ring (bicyclic) bond motifs is 2. The molecule has 30 heavy (non-hydrogen) atoms. The zero-order chi connectivity index (χ0) is 20.7. The van der Waals surface area contributed by atoms with Gasteiger partial charge in [0.1, 0.15) is 5.52 Å². The van der Waals surface area contributed by atoms with Crippen molar-refractivity contribution < 1.29 is 0 Å². The number of benzene rings is 2. The van der Waals surface area contributed by atoms with Crippen LogP contribution in [0.4, 0.5) is 0 Å². The van der Waals surface area contributed by atoms with E-state index < -0.39 is 0 Å². The Morgan fingerprint density at radius 1 is 0.933 bits per heavy atom. The van der Waals surface area contributed by atoms with Gasteiger partial charge in [-0.15, -0.1) is 0 Å². The minimum absolute atomic E-state index is 0.267. The standard InChI is InChI=1S/C26H30N4/c1-26(2,3)30-14-11-19(12-15-30)17-29-18-28-24-23(10-13-27-25(24)29)22-9-8-20-6-4-5-7-21(20)16-22/h4-10,13,16,18-19H,11-12,14-15,17H2,1-3H3. The second-order valence-electron chi connectivity index (χ2n) is 9.59. The van der Waals surface area contributed by atoms with Gasteiger partial charge in [0.25, 0.3) is 0 Å². The van der Waals surface area contributed by atoms with Crippen LogP contribution in [-0.2, 0) is 6.54 Å². The number of aromatic nitrogens is 3. The van der Waals surface area contributed by atoms with E-state index >= 15 is 0 Å². The average Bonchev–Trinajstić information content (AvgIpc) is 3.16. The highest BCUT2D eigenvalue weighted by atomic mass is 15.2. The molecule has 4 nitrogen and oxygen atoms in total. The minimum Gasteiger partial charge on any atom is -0.315 e. The molecule has 2 aromatic heterocycles. The van der Waals surface area contributed by atoms with Crippen LogP contribution in [0.3, 0.4) is 0 Å². The third-order valence-corrected chi connectivity index (χ3v) is 6.58. The molecule has 0 spiro atoms. The van der Waals surface area contributed by atoms with Crippen LogP contribution in [0.5, 0.6) is 0 Å². The maximum absolute atomic E-state index is 4.78. The van der Waals surface area contributed by atoms with Crippen molar-refractivity contribution in [3.05, 3.63) is 61.1 Å². The second-order valence-corrected chi connectivity index (χ2v) is 9.59. The van der Waals surface area contributed by atoms with Crippen molar-refractivity contribution in [3.8, 4) is 11.1 Å². The van der Waals surface area contributed by atoms with Gasteiger partial charge in [-0.1, -0.05) is 36.4 Å². The number of hydrogen-bond acceptors (Lipinski definition) is 3. The van der Waals surface area contributed by atoms with Crippen LogP contribution in [0.1, 0.15) is 33.6 Å². The number of pyridine rings is 1. The zero-order valence-corrected chi connectivity index (χ0v) is 18.2. The molecule has 0 unspecified atom stereocenters. The molecule has 1 saturated heterocycles. The molecule has 4 aromatic rings. The van der Waals surface area contributed by atoms with E-state index in [2.05, 4.69) is 78.8 Å². The van der Waals surface area contributed by atoms with Crippen molar-refractivity contribution in [2.75, 3.05) is 13.1 Å². The van der Waals surface area contributed by atoms with Gasteiger partial charge in [0.05, 0.1) is 6.33 Å². The molecule has 0 saturated carbocycles. The zero-order valence-electron chi connectivity index (χ0n) is 18.2. The largest absolute Gasteiger partial charge is 0.315 e. The molecule has 154 valence electrons. The summed E-state index contributed by atoms with van der Waals surface area (Å²) in [5, 5.41) is 2.52. The van der Waals surface area contributed by atoms with Crippen molar-refractivity contribution in [1.82, 2.24) is 19.4 Å². The Kier molecular flexibility index (Phi) is 4.82. The van der Waals surface area contributed by atoms with E-state index in [1.807, 2.05) is 12.5 Å². The molecule has 0 N–H and O–H groups in total. The molecule has 0 aliphatic carbocycles. The molecule has 4 heteroatoms. The van der Waals surface area contributed by atoms with Crippen molar-refractivity contribution in [3.63, 3.8) is 0 Å². The van der Waals surface area contributed by atoms with E-state index in [0.29, 0.717) is 5.92 Å². The number of rotatable bonds is 3. The van der Waals surface area contributed by atoms with E-state index in [9.17, 15) is 0 Å². The molecule has 0 radical (unpaired) electrons. The fraction of sp³-hybridized carbons (Fsp3) is 0.385. The monoisotopic (exact) mass is 398 g/mol. The first-order valence-electron chi connectivity index (χ1n) is 11.0. The molecular weight excluding hydrogens is 368 g/mol. The van der Waals surface area contributed by atoms with Crippen molar-refractivity contribution >= 4 is 21.9 Å². The van der Waals surface area contributed by atoms with Gasteiger partial charge >= 0.3 is 0 Å². The number of hydrogen-bond donors (Lipinski definition) is 0. The van der Waals surface area contributed by atoms with Gasteiger partial charge in [-0.05, 0) is 81.1 Å². The van der Waals surface area contributed by atoms with Gasteiger partial charge < -0.3 is 4.57 Å². The average molecular weight is 399 g/mol. The fourth-order valence-electron chi connectivity index (χ4n) is 4.75. The van der Waals surface area contributed by atoms with E-state index in [-0.39, 0.29) is 5.54 Å². The molecule has 1 aliphatic rings. The molecule has 1 fully saturated rings. The molecule has 1 aliphatic heterocycles. The lowest BCUT2D eigenvalue weighted by molar-refractivity contribution is 0.0834. The summed E-state index contributed by atoms with van der Waals surface area (Å²) in [5.41, 5.74) is 4.62. The van der Waals surface area contributed by atoms with E-state index in [0.717, 1.165) is 23.3 Å². The predicted octanol–water partition coefficient (Wildman–Crippen LogP) is 5.76. The highest BCUT2D eigenvalue weighted by Crippen LogP contribution is 2.30. The first-order valence-corrected chi connectivity index (χ1v) is 11.0. The van der Waals surface area contributed by atoms with Crippen molar-refractivity contribution in [1.29, 1.82) is 0 Å². The van der Waals surface area contributed by atoms with Crippen molar-refractivity contribution in [2.45, 2.75) is 45.7 Å². The summed E-state index contributed by atoms with van der Waals surface area (Å²) in [6.07, 6.45) is 6.38. The Balaban J connectivity index is 1.41. The summed E-state index contributed by atoms with van der Waals surface area (Å²) >= 11 is 0. The number of nitrogens with zero attached hydrogens (tertiary/aromatic N) is 4. The smallest absolute Gasteiger partial charge is 0.160 e. The molecular formula is C26H30N4. The Bertz CT molecular complexity index is 1180. The van der Waals surface area contributed by atoms with Crippen LogP contribution in [0.2, 0.25) is 0 Å². The molecule has 5 rings (SSSR count). The molecule has 0 atom stereocenters. The summed E-state index contributed by atoms with van der Waals surface area (Å²) in [5.74, 6) is 0.687. The maximum Gasteiger partial charge on any atom is 0.160 e. The minimum atomic E-state index is 0.267. The van der Waals surface area contributed by atoms with Gasteiger partial charge in [-0.25, -0.2) is 9.97 Å². The molecule has 3 heterocycles. The van der Waals surface area contributed by atoms with Gasteiger partial charge in [0, 0.05) is 23.8 Å². The summed E-state index contributed by atoms with van der Waals surface area (Å²) in [6.45, 7) is 10.3. The topological polar surface area (TPSA) is 34.0 Å². The third-order valence-electron chi connectivity index (χ3n) is 6.58. The quantitative estimate of drug-likeness (QED) is 0.440. The molecule has 0 amide bonds. The summed E-state index contributed by atoms with van der Waals surface area (Å²) < 4.78 is 2.26. The van der Waals surface area contributed by atoms with Crippen LogP contribution in [-0.4, -0.2) is 38.1 Å². The van der Waals surface area contributed by atoms with Crippen LogP contribution in [0.25, 0.3) is 33.1 Å². The normalized spacial score (nSPS) is 16.5. The first kappa shape index (κ1) is 19.3. The molecule has 0 bridgehead atoms. The second kappa shape index (κ2) is 7.51. The van der Waals surface area contributed by atoms with Crippen LogP contribution in [0, 0.1) is 5.92 Å². The highest BCUT2D eigenvalue weighted by molar-refractivity contribution is 5.94. The van der Waals surface area contributed by atoms with Crippen molar-refractivity contribution in [2.24, 2.45) is 5.92 Å². The lowest BCUT2D eigenvalue weighted by Crippen LogP contribution is -2.46.